The molecule has 0 bridgehead atoms. The van der Waals surface area contributed by atoms with Gasteiger partial charge in [0.2, 0.25) is 0 Å². The molecular weight excluding hydrogens is 537 g/mol. The first-order valence-electron chi connectivity index (χ1n) is 12.7. The van der Waals surface area contributed by atoms with Crippen molar-refractivity contribution >= 4 is 28.8 Å². The van der Waals surface area contributed by atoms with E-state index in [0.29, 0.717) is 17.4 Å². The number of thioether (sulfide) groups is 1. The number of alkyl halides is 3. The van der Waals surface area contributed by atoms with Crippen molar-refractivity contribution in [3.8, 4) is 22.8 Å². The van der Waals surface area contributed by atoms with E-state index < -0.39 is 6.36 Å². The molecule has 1 saturated heterocycles. The van der Waals surface area contributed by atoms with Gasteiger partial charge in [-0.25, -0.2) is 9.67 Å². The van der Waals surface area contributed by atoms with E-state index >= 15 is 0 Å². The van der Waals surface area contributed by atoms with E-state index in [0.717, 1.165) is 35.0 Å². The van der Waals surface area contributed by atoms with Gasteiger partial charge >= 0.3 is 6.36 Å². The third kappa shape index (κ3) is 6.90. The van der Waals surface area contributed by atoms with Crippen LogP contribution in [0.1, 0.15) is 25.0 Å². The molecule has 7 nitrogen and oxygen atoms in total. The molecule has 0 saturated carbocycles. The zero-order valence-corrected chi connectivity index (χ0v) is 22.7. The molecule has 1 aromatic heterocycles. The summed E-state index contributed by atoms with van der Waals surface area (Å²) >= 11 is 1.70. The quantitative estimate of drug-likeness (QED) is 0.171. The minimum atomic E-state index is -4.74. The van der Waals surface area contributed by atoms with E-state index in [4.69, 9.17) is 0 Å². The Bertz CT molecular complexity index is 1500. The summed E-state index contributed by atoms with van der Waals surface area (Å²) in [6.07, 6.45) is -0.507. The highest BCUT2D eigenvalue weighted by Gasteiger charge is 2.31. The summed E-state index contributed by atoms with van der Waals surface area (Å²) in [5.41, 5.74) is 4.73. The van der Waals surface area contributed by atoms with Crippen LogP contribution in [0.3, 0.4) is 0 Å². The van der Waals surface area contributed by atoms with Crippen LogP contribution >= 0.6 is 11.8 Å². The monoisotopic (exact) mass is 564 g/mol. The molecule has 0 N–H and O–H groups in total. The van der Waals surface area contributed by atoms with Crippen LogP contribution in [0.4, 0.5) is 18.9 Å². The Morgan fingerprint density at radius 2 is 1.77 bits per heavy atom. The van der Waals surface area contributed by atoms with Crippen LogP contribution in [0, 0.1) is 5.92 Å². The maximum absolute atomic E-state index is 12.4. The number of halogens is 3. The molecular formula is C29H27F3N6OS. The summed E-state index contributed by atoms with van der Waals surface area (Å²) in [6.45, 7) is 5.34. The molecule has 0 unspecified atom stereocenters. The van der Waals surface area contributed by atoms with Crippen molar-refractivity contribution in [3.63, 3.8) is 0 Å². The average Bonchev–Trinajstić information content (AvgIpc) is 3.59. The average molecular weight is 565 g/mol. The molecule has 0 aliphatic carbocycles. The third-order valence-electron chi connectivity index (χ3n) is 6.03. The SMILES string of the molecule is CC(C)Cc1ccccc1N1CCSC1=NN=Cc1ccc(-c2ncn(-c3ccc(OC(F)(F)F)cc3)n2)cc1. The molecule has 1 aliphatic heterocycles. The molecule has 40 heavy (non-hydrogen) atoms. The van der Waals surface area contributed by atoms with Crippen LogP contribution in [-0.4, -0.2) is 44.8 Å². The maximum atomic E-state index is 12.4. The predicted octanol–water partition coefficient (Wildman–Crippen LogP) is 6.97. The van der Waals surface area contributed by atoms with Crippen LogP contribution in [0.25, 0.3) is 17.1 Å². The molecule has 0 radical (unpaired) electrons. The van der Waals surface area contributed by atoms with Crippen molar-refractivity contribution in [1.82, 2.24) is 14.8 Å². The second kappa shape index (κ2) is 12.0. The Labute approximate surface area is 234 Å². The van der Waals surface area contributed by atoms with Gasteiger partial charge in [0.1, 0.15) is 12.1 Å². The molecule has 0 atom stereocenters. The fourth-order valence-electron chi connectivity index (χ4n) is 4.28. The zero-order chi connectivity index (χ0) is 28.1. The van der Waals surface area contributed by atoms with Crippen LogP contribution in [0.5, 0.6) is 5.75 Å². The van der Waals surface area contributed by atoms with Crippen LogP contribution in [-0.2, 0) is 6.42 Å². The molecule has 0 spiro atoms. The molecule has 2 heterocycles. The van der Waals surface area contributed by atoms with Crippen molar-refractivity contribution in [3.05, 3.63) is 90.3 Å². The first-order chi connectivity index (χ1) is 19.2. The number of benzene rings is 3. The number of anilines is 1. The summed E-state index contributed by atoms with van der Waals surface area (Å²) in [4.78, 5) is 6.57. The lowest BCUT2D eigenvalue weighted by Crippen LogP contribution is -2.25. The van der Waals surface area contributed by atoms with Crippen molar-refractivity contribution in [1.29, 1.82) is 0 Å². The molecule has 11 heteroatoms. The second-order valence-electron chi connectivity index (χ2n) is 9.53. The predicted molar refractivity (Wildman–Crippen MR) is 153 cm³/mol. The Morgan fingerprint density at radius 1 is 1.02 bits per heavy atom. The lowest BCUT2D eigenvalue weighted by molar-refractivity contribution is -0.274. The smallest absolute Gasteiger partial charge is 0.406 e. The van der Waals surface area contributed by atoms with Crippen molar-refractivity contribution in [2.75, 3.05) is 17.2 Å². The van der Waals surface area contributed by atoms with Crippen LogP contribution in [0.2, 0.25) is 0 Å². The minimum absolute atomic E-state index is 0.297. The Balaban J connectivity index is 1.25. The Hall–Kier alpha value is -4.12. The van der Waals surface area contributed by atoms with Gasteiger partial charge < -0.3 is 9.64 Å². The van der Waals surface area contributed by atoms with E-state index in [2.05, 4.69) is 68.0 Å². The van der Waals surface area contributed by atoms with Crippen molar-refractivity contribution in [2.45, 2.75) is 26.6 Å². The van der Waals surface area contributed by atoms with Crippen LogP contribution in [0.15, 0.2) is 89.3 Å². The summed E-state index contributed by atoms with van der Waals surface area (Å²) < 4.78 is 42.6. The minimum Gasteiger partial charge on any atom is -0.406 e. The number of ether oxygens (including phenoxy) is 1. The summed E-state index contributed by atoms with van der Waals surface area (Å²) in [5, 5.41) is 14.2. The number of rotatable bonds is 8. The molecule has 3 aromatic carbocycles. The van der Waals surface area contributed by atoms with Crippen molar-refractivity contribution in [2.24, 2.45) is 16.1 Å². The summed E-state index contributed by atoms with van der Waals surface area (Å²) in [6, 6.07) is 21.5. The zero-order valence-electron chi connectivity index (χ0n) is 21.9. The maximum Gasteiger partial charge on any atom is 0.573 e. The number of amidine groups is 1. The molecule has 1 fully saturated rings. The van der Waals surface area contributed by atoms with E-state index in [1.807, 2.05) is 24.3 Å². The van der Waals surface area contributed by atoms with Crippen molar-refractivity contribution < 1.29 is 17.9 Å². The lowest BCUT2D eigenvalue weighted by Gasteiger charge is -2.21. The summed E-state index contributed by atoms with van der Waals surface area (Å²) in [7, 11) is 0. The van der Waals surface area contributed by atoms with Crippen LogP contribution < -0.4 is 9.64 Å². The van der Waals surface area contributed by atoms with Gasteiger partial charge in [0.05, 0.1) is 11.9 Å². The topological polar surface area (TPSA) is 67.9 Å². The fraction of sp³-hybridized carbons (Fsp3) is 0.241. The van der Waals surface area contributed by atoms with Gasteiger partial charge in [-0.15, -0.1) is 23.4 Å². The normalized spacial score (nSPS) is 15.1. The van der Waals surface area contributed by atoms with Gasteiger partial charge in [0.25, 0.3) is 0 Å². The highest BCUT2D eigenvalue weighted by Crippen LogP contribution is 2.30. The first kappa shape index (κ1) is 27.4. The van der Waals surface area contributed by atoms with Gasteiger partial charge in [0.15, 0.2) is 11.0 Å². The van der Waals surface area contributed by atoms with Gasteiger partial charge in [-0.2, -0.15) is 5.10 Å². The summed E-state index contributed by atoms with van der Waals surface area (Å²) in [5.74, 6) is 1.71. The van der Waals surface area contributed by atoms with E-state index in [1.54, 1.807) is 18.0 Å². The fourth-order valence-corrected chi connectivity index (χ4v) is 5.18. The molecule has 1 aliphatic rings. The van der Waals surface area contributed by atoms with Gasteiger partial charge in [-0.3, -0.25) is 0 Å². The largest absolute Gasteiger partial charge is 0.573 e. The lowest BCUT2D eigenvalue weighted by atomic mass is 10.0. The molecule has 5 rings (SSSR count). The van der Waals surface area contributed by atoms with E-state index in [1.165, 1.54) is 46.5 Å². The van der Waals surface area contributed by atoms with E-state index in [9.17, 15) is 13.2 Å². The number of aromatic nitrogens is 3. The van der Waals surface area contributed by atoms with Gasteiger partial charge in [-0.05, 0) is 53.8 Å². The highest BCUT2D eigenvalue weighted by atomic mass is 32.2. The number of nitrogens with zero attached hydrogens (tertiary/aromatic N) is 6. The third-order valence-corrected chi connectivity index (χ3v) is 6.98. The molecule has 4 aromatic rings. The second-order valence-corrected chi connectivity index (χ2v) is 10.6. The number of hydrogen-bond donors (Lipinski definition) is 0. The first-order valence-corrected chi connectivity index (χ1v) is 13.7. The Kier molecular flexibility index (Phi) is 8.20. The number of hydrogen-bond acceptors (Lipinski definition) is 6. The number of para-hydroxylation sites is 1. The van der Waals surface area contributed by atoms with Gasteiger partial charge in [0, 0.05) is 23.5 Å². The van der Waals surface area contributed by atoms with E-state index in [-0.39, 0.29) is 5.75 Å². The Morgan fingerprint density at radius 3 is 2.50 bits per heavy atom. The standard InChI is InChI=1S/C29H27F3N6OS/c1-20(2)17-23-5-3-4-6-26(23)37-15-16-40-28(37)35-34-18-21-7-9-22(10-8-21)27-33-19-38(36-27)24-11-13-25(14-12-24)39-29(30,31)32/h3-14,18-20H,15-17H2,1-2H3. The molecule has 0 amide bonds. The van der Waals surface area contributed by atoms with Gasteiger partial charge in [-0.1, -0.05) is 68.1 Å². The highest BCUT2D eigenvalue weighted by molar-refractivity contribution is 8.14. The molecule has 206 valence electrons.